The predicted molar refractivity (Wildman–Crippen MR) is 115 cm³/mol. The van der Waals surface area contributed by atoms with E-state index in [-0.39, 0.29) is 10.6 Å². The molecule has 1 aromatic heterocycles. The number of carbonyl (C=O) groups is 2. The molecule has 2 aromatic carbocycles. The zero-order valence-corrected chi connectivity index (χ0v) is 17.1. The number of halogens is 1. The van der Waals surface area contributed by atoms with Crippen LogP contribution in [0.3, 0.4) is 0 Å². The van der Waals surface area contributed by atoms with E-state index in [1.54, 1.807) is 49.4 Å². The van der Waals surface area contributed by atoms with Crippen LogP contribution in [0.15, 0.2) is 63.9 Å². The van der Waals surface area contributed by atoms with Crippen LogP contribution in [-0.4, -0.2) is 16.1 Å². The van der Waals surface area contributed by atoms with Crippen molar-refractivity contribution < 1.29 is 18.9 Å². The van der Waals surface area contributed by atoms with Crippen molar-refractivity contribution in [2.45, 2.75) is 6.92 Å². The molecule has 0 N–H and O–H groups in total. The fourth-order valence-corrected chi connectivity index (χ4v) is 3.99. The van der Waals surface area contributed by atoms with Gasteiger partial charge in [-0.3, -0.25) is 19.7 Å². The third-order valence-corrected chi connectivity index (χ3v) is 5.56. The second-order valence-corrected chi connectivity index (χ2v) is 7.89. The van der Waals surface area contributed by atoms with Crippen LogP contribution in [0.25, 0.3) is 17.4 Å². The molecule has 3 aromatic rings. The summed E-state index contributed by atoms with van der Waals surface area (Å²) in [6.45, 7) is 1.66. The fraction of sp³-hybridized carbons (Fsp3) is 0.0476. The lowest BCUT2D eigenvalue weighted by molar-refractivity contribution is -0.385. The van der Waals surface area contributed by atoms with E-state index in [1.165, 1.54) is 18.2 Å². The van der Waals surface area contributed by atoms with Gasteiger partial charge in [0.2, 0.25) is 0 Å². The number of rotatable bonds is 4. The van der Waals surface area contributed by atoms with Gasteiger partial charge in [-0.2, -0.15) is 0 Å². The maximum atomic E-state index is 12.7. The number of nitro groups is 1. The first-order valence-corrected chi connectivity index (χ1v) is 9.92. The normalized spacial score (nSPS) is 15.3. The van der Waals surface area contributed by atoms with Crippen LogP contribution in [-0.2, 0) is 4.79 Å². The molecule has 30 heavy (non-hydrogen) atoms. The third kappa shape index (κ3) is 3.74. The first kappa shape index (κ1) is 19.9. The molecular weight excluding hydrogens is 428 g/mol. The van der Waals surface area contributed by atoms with Crippen LogP contribution < -0.4 is 4.90 Å². The van der Waals surface area contributed by atoms with E-state index >= 15 is 0 Å². The highest BCUT2D eigenvalue weighted by atomic mass is 35.5. The van der Waals surface area contributed by atoms with Gasteiger partial charge in [0, 0.05) is 28.3 Å². The maximum Gasteiger partial charge on any atom is 0.298 e. The van der Waals surface area contributed by atoms with Gasteiger partial charge < -0.3 is 4.42 Å². The summed E-state index contributed by atoms with van der Waals surface area (Å²) < 4.78 is 5.73. The summed E-state index contributed by atoms with van der Waals surface area (Å²) in [5.74, 6) is 0.291. The van der Waals surface area contributed by atoms with E-state index in [9.17, 15) is 19.7 Å². The Balaban J connectivity index is 1.62. The minimum atomic E-state index is -0.476. The van der Waals surface area contributed by atoms with Crippen LogP contribution in [0.2, 0.25) is 5.02 Å². The molecule has 7 nitrogen and oxygen atoms in total. The largest absolute Gasteiger partial charge is 0.457 e. The number of amides is 2. The molecule has 1 aliphatic rings. The van der Waals surface area contributed by atoms with Gasteiger partial charge in [-0.15, -0.1) is 0 Å². The van der Waals surface area contributed by atoms with Crippen LogP contribution >= 0.6 is 23.4 Å². The minimum absolute atomic E-state index is 0.00640. The Kier molecular flexibility index (Phi) is 5.19. The molecule has 1 saturated heterocycles. The zero-order valence-electron chi connectivity index (χ0n) is 15.5. The molecule has 0 aliphatic carbocycles. The third-order valence-electron chi connectivity index (χ3n) is 4.45. The Morgan fingerprint density at radius 3 is 2.67 bits per heavy atom. The molecule has 1 fully saturated rings. The zero-order chi connectivity index (χ0) is 21.4. The molecule has 0 spiro atoms. The molecule has 0 unspecified atom stereocenters. The summed E-state index contributed by atoms with van der Waals surface area (Å²) in [5, 5.41) is 11.1. The monoisotopic (exact) mass is 440 g/mol. The second-order valence-electron chi connectivity index (χ2n) is 6.46. The number of benzene rings is 2. The first-order chi connectivity index (χ1) is 14.3. The fourth-order valence-electron chi connectivity index (χ4n) is 2.98. The molecule has 9 heteroatoms. The van der Waals surface area contributed by atoms with Gasteiger partial charge >= 0.3 is 0 Å². The van der Waals surface area contributed by atoms with Gasteiger partial charge in [0.1, 0.15) is 11.5 Å². The van der Waals surface area contributed by atoms with Crippen molar-refractivity contribution in [2.75, 3.05) is 4.90 Å². The maximum absolute atomic E-state index is 12.7. The van der Waals surface area contributed by atoms with Crippen LogP contribution in [0.1, 0.15) is 11.3 Å². The van der Waals surface area contributed by atoms with E-state index in [0.717, 1.165) is 16.7 Å². The Labute approximate surface area is 180 Å². The molecule has 0 atom stereocenters. The summed E-state index contributed by atoms with van der Waals surface area (Å²) in [7, 11) is 0. The average molecular weight is 441 g/mol. The first-order valence-electron chi connectivity index (χ1n) is 8.72. The highest BCUT2D eigenvalue weighted by Crippen LogP contribution is 2.37. The number of hydrogen-bond donors (Lipinski definition) is 0. The summed E-state index contributed by atoms with van der Waals surface area (Å²) >= 11 is 6.76. The molecule has 1 aliphatic heterocycles. The highest BCUT2D eigenvalue weighted by Gasteiger charge is 2.36. The summed E-state index contributed by atoms with van der Waals surface area (Å²) in [6.07, 6.45) is 1.47. The van der Waals surface area contributed by atoms with Gasteiger partial charge in [-0.1, -0.05) is 29.8 Å². The van der Waals surface area contributed by atoms with Crippen molar-refractivity contribution in [3.05, 3.63) is 86.0 Å². The van der Waals surface area contributed by atoms with Gasteiger partial charge in [-0.05, 0) is 49.0 Å². The lowest BCUT2D eigenvalue weighted by Gasteiger charge is -2.12. The second kappa shape index (κ2) is 7.81. The quantitative estimate of drug-likeness (QED) is 0.278. The van der Waals surface area contributed by atoms with Crippen molar-refractivity contribution >= 4 is 52.0 Å². The molecule has 0 bridgehead atoms. The molecular formula is C21H13ClN2O5S. The van der Waals surface area contributed by atoms with E-state index < -0.39 is 16.1 Å². The van der Waals surface area contributed by atoms with Crippen molar-refractivity contribution in [3.63, 3.8) is 0 Å². The predicted octanol–water partition coefficient (Wildman–Crippen LogP) is 6.06. The van der Waals surface area contributed by atoms with Crippen molar-refractivity contribution in [2.24, 2.45) is 0 Å². The van der Waals surface area contributed by atoms with Crippen LogP contribution in [0.4, 0.5) is 16.2 Å². The average Bonchev–Trinajstić information content (AvgIpc) is 3.26. The number of anilines is 1. The van der Waals surface area contributed by atoms with Gasteiger partial charge in [0.15, 0.2) is 0 Å². The number of nitro benzene ring substituents is 1. The van der Waals surface area contributed by atoms with E-state index in [2.05, 4.69) is 0 Å². The minimum Gasteiger partial charge on any atom is -0.457 e. The molecule has 2 heterocycles. The SMILES string of the molecule is Cc1ccc(-c2ccc(/C=C3/SC(=O)N(c4cccc(Cl)c4)C3=O)o2)cc1[N+](=O)[O-]. The Hall–Kier alpha value is -3.36. The number of aryl methyl sites for hydroxylation is 1. The van der Waals surface area contributed by atoms with Crippen molar-refractivity contribution in [3.8, 4) is 11.3 Å². The van der Waals surface area contributed by atoms with Crippen LogP contribution in [0, 0.1) is 17.0 Å². The molecule has 0 radical (unpaired) electrons. The highest BCUT2D eigenvalue weighted by molar-refractivity contribution is 8.19. The smallest absolute Gasteiger partial charge is 0.298 e. The number of furan rings is 1. The van der Waals surface area contributed by atoms with E-state index in [0.29, 0.717) is 33.4 Å². The van der Waals surface area contributed by atoms with E-state index in [4.69, 9.17) is 16.0 Å². The number of thioether (sulfide) groups is 1. The molecule has 2 amide bonds. The van der Waals surface area contributed by atoms with Crippen molar-refractivity contribution in [1.29, 1.82) is 0 Å². The Morgan fingerprint density at radius 2 is 1.93 bits per heavy atom. The standard InChI is InChI=1S/C21H13ClN2O5S/c1-12-5-6-13(9-17(12)24(27)28)18-8-7-16(29-18)11-19-20(25)23(21(26)30-19)15-4-2-3-14(22)10-15/h2-11H,1H3/b19-11+. The van der Waals surface area contributed by atoms with E-state index in [1.807, 2.05) is 0 Å². The van der Waals surface area contributed by atoms with Crippen molar-refractivity contribution in [1.82, 2.24) is 0 Å². The number of carbonyl (C=O) groups excluding carboxylic acids is 2. The summed E-state index contributed by atoms with van der Waals surface area (Å²) in [4.78, 5) is 37.0. The van der Waals surface area contributed by atoms with Gasteiger partial charge in [0.05, 0.1) is 15.5 Å². The molecule has 150 valence electrons. The van der Waals surface area contributed by atoms with Gasteiger partial charge in [-0.25, -0.2) is 4.90 Å². The van der Waals surface area contributed by atoms with Gasteiger partial charge in [0.25, 0.3) is 16.8 Å². The topological polar surface area (TPSA) is 93.7 Å². The summed E-state index contributed by atoms with van der Waals surface area (Å²) in [5.41, 5.74) is 1.47. The molecule has 0 saturated carbocycles. The Bertz CT molecular complexity index is 1230. The number of imide groups is 1. The lowest BCUT2D eigenvalue weighted by Crippen LogP contribution is -2.27. The molecule has 4 rings (SSSR count). The Morgan fingerprint density at radius 1 is 1.13 bits per heavy atom. The lowest BCUT2D eigenvalue weighted by atomic mass is 10.1. The summed E-state index contributed by atoms with van der Waals surface area (Å²) in [6, 6.07) is 14.6. The number of nitrogens with zero attached hydrogens (tertiary/aromatic N) is 2. The van der Waals surface area contributed by atoms with Crippen LogP contribution in [0.5, 0.6) is 0 Å². The number of hydrogen-bond acceptors (Lipinski definition) is 6.